The second kappa shape index (κ2) is 7.86. The summed E-state index contributed by atoms with van der Waals surface area (Å²) in [5.74, 6) is 1.33. The Kier molecular flexibility index (Phi) is 5.84. The molecule has 0 aliphatic carbocycles. The summed E-state index contributed by atoms with van der Waals surface area (Å²) in [7, 11) is -0.657. The smallest absolute Gasteiger partial charge is 0.238 e. The van der Waals surface area contributed by atoms with Crippen LogP contribution in [0, 0.1) is 0 Å². The number of sulfonamides is 1. The zero-order chi connectivity index (χ0) is 18.4. The first-order valence-electron chi connectivity index (χ1n) is 7.24. The van der Waals surface area contributed by atoms with Gasteiger partial charge in [-0.3, -0.25) is 0 Å². The minimum Gasteiger partial charge on any atom is -0.493 e. The van der Waals surface area contributed by atoms with E-state index in [2.05, 4.69) is 10.3 Å². The lowest BCUT2D eigenvalue weighted by Gasteiger charge is -2.11. The molecule has 8 nitrogen and oxygen atoms in total. The molecule has 9 heteroatoms. The van der Waals surface area contributed by atoms with Gasteiger partial charge >= 0.3 is 0 Å². The molecule has 0 unspecified atom stereocenters. The molecule has 0 amide bonds. The number of methoxy groups -OCH3 is 2. The average Bonchev–Trinajstić information content (AvgIpc) is 2.59. The van der Waals surface area contributed by atoms with Crippen LogP contribution in [0.25, 0.3) is 0 Å². The van der Waals surface area contributed by atoms with Gasteiger partial charge in [-0.05, 0) is 29.8 Å². The Hall–Kier alpha value is -2.78. The summed E-state index contributed by atoms with van der Waals surface area (Å²) < 4.78 is 33.1. The fraction of sp³-hybridized carbons (Fsp3) is 0.188. The van der Waals surface area contributed by atoms with Crippen LogP contribution in [0.5, 0.6) is 11.5 Å². The van der Waals surface area contributed by atoms with Crippen molar-refractivity contribution in [3.63, 3.8) is 0 Å². The highest BCUT2D eigenvalue weighted by atomic mass is 32.2. The average molecular weight is 364 g/mol. The van der Waals surface area contributed by atoms with Gasteiger partial charge in [0.25, 0.3) is 0 Å². The molecule has 0 spiro atoms. The van der Waals surface area contributed by atoms with Crippen LogP contribution in [0.4, 0.5) is 5.69 Å². The fourth-order valence-corrected chi connectivity index (χ4v) is 2.68. The lowest BCUT2D eigenvalue weighted by molar-refractivity contribution is 0.355. The fourth-order valence-electron chi connectivity index (χ4n) is 2.10. The molecule has 25 heavy (non-hydrogen) atoms. The Bertz CT molecular complexity index is 881. The van der Waals surface area contributed by atoms with E-state index in [4.69, 9.17) is 20.3 Å². The van der Waals surface area contributed by atoms with Gasteiger partial charge in [-0.1, -0.05) is 12.1 Å². The topological polar surface area (TPSA) is 129 Å². The van der Waals surface area contributed by atoms with Crippen LogP contribution in [0.3, 0.4) is 0 Å². The van der Waals surface area contributed by atoms with Gasteiger partial charge in [0.15, 0.2) is 17.5 Å². The molecule has 0 saturated heterocycles. The number of aliphatic imine (C=N–C) groups is 1. The maximum atomic E-state index is 11.4. The van der Waals surface area contributed by atoms with Gasteiger partial charge in [-0.2, -0.15) is 0 Å². The van der Waals surface area contributed by atoms with E-state index in [0.29, 0.717) is 22.7 Å². The molecule has 5 N–H and O–H groups in total. The molecule has 0 radical (unpaired) electrons. The van der Waals surface area contributed by atoms with Crippen molar-refractivity contribution in [3.8, 4) is 11.5 Å². The molecule has 0 atom stereocenters. The number of benzene rings is 2. The zero-order valence-electron chi connectivity index (χ0n) is 13.9. The number of hydrogen-bond donors (Lipinski definition) is 3. The number of nitrogens with zero attached hydrogens (tertiary/aromatic N) is 1. The third-order valence-corrected chi connectivity index (χ3v) is 4.23. The van der Waals surface area contributed by atoms with E-state index in [1.54, 1.807) is 37.4 Å². The first-order chi connectivity index (χ1) is 11.8. The van der Waals surface area contributed by atoms with E-state index in [0.717, 1.165) is 0 Å². The number of primary sulfonamides is 1. The molecule has 0 aliphatic rings. The molecular weight excluding hydrogens is 344 g/mol. The summed E-state index contributed by atoms with van der Waals surface area (Å²) in [6.07, 6.45) is 0. The number of hydrogen-bond acceptors (Lipinski definition) is 5. The third kappa shape index (κ3) is 5.10. The summed E-state index contributed by atoms with van der Waals surface area (Å²) in [4.78, 5) is 4.22. The summed E-state index contributed by atoms with van der Waals surface area (Å²) in [6, 6.07) is 11.5. The molecule has 0 aliphatic heterocycles. The Morgan fingerprint density at radius 2 is 1.84 bits per heavy atom. The number of rotatable bonds is 6. The van der Waals surface area contributed by atoms with Crippen molar-refractivity contribution in [2.24, 2.45) is 15.9 Å². The van der Waals surface area contributed by atoms with Crippen LogP contribution in [-0.2, 0) is 16.6 Å². The van der Waals surface area contributed by atoms with Gasteiger partial charge in [-0.15, -0.1) is 0 Å². The molecule has 0 saturated carbocycles. The lowest BCUT2D eigenvalue weighted by atomic mass is 10.2. The van der Waals surface area contributed by atoms with E-state index >= 15 is 0 Å². The van der Waals surface area contributed by atoms with Crippen molar-refractivity contribution in [2.75, 3.05) is 19.5 Å². The van der Waals surface area contributed by atoms with E-state index in [1.807, 2.05) is 0 Å². The molecule has 0 aromatic heterocycles. The number of guanidine groups is 1. The van der Waals surface area contributed by atoms with Crippen LogP contribution in [0.2, 0.25) is 0 Å². The van der Waals surface area contributed by atoms with E-state index in [9.17, 15) is 8.42 Å². The highest BCUT2D eigenvalue weighted by molar-refractivity contribution is 7.89. The number of nitrogens with one attached hydrogen (secondary N) is 1. The Morgan fingerprint density at radius 1 is 1.12 bits per heavy atom. The minimum atomic E-state index is -3.75. The van der Waals surface area contributed by atoms with Gasteiger partial charge in [0.05, 0.1) is 25.7 Å². The molecule has 134 valence electrons. The normalized spacial score (nSPS) is 11.9. The number of ether oxygens (including phenoxy) is 2. The first kappa shape index (κ1) is 18.6. The first-order valence-corrected chi connectivity index (χ1v) is 8.79. The van der Waals surface area contributed by atoms with Crippen molar-refractivity contribution >= 4 is 21.7 Å². The highest BCUT2D eigenvalue weighted by Gasteiger charge is 2.08. The summed E-state index contributed by atoms with van der Waals surface area (Å²) in [5, 5.41) is 8.04. The summed E-state index contributed by atoms with van der Waals surface area (Å²) >= 11 is 0. The van der Waals surface area contributed by atoms with Crippen LogP contribution >= 0.6 is 0 Å². The highest BCUT2D eigenvalue weighted by Crippen LogP contribution is 2.29. The zero-order valence-corrected chi connectivity index (χ0v) is 14.7. The maximum absolute atomic E-state index is 11.4. The van der Waals surface area contributed by atoms with Crippen LogP contribution < -0.4 is 25.7 Å². The second-order valence-corrected chi connectivity index (χ2v) is 6.65. The molecule has 0 bridgehead atoms. The van der Waals surface area contributed by atoms with E-state index < -0.39 is 10.0 Å². The largest absolute Gasteiger partial charge is 0.493 e. The van der Waals surface area contributed by atoms with Crippen LogP contribution in [0.1, 0.15) is 5.56 Å². The quantitative estimate of drug-likeness (QED) is 0.523. The van der Waals surface area contributed by atoms with Crippen molar-refractivity contribution in [1.29, 1.82) is 0 Å². The van der Waals surface area contributed by atoms with Crippen molar-refractivity contribution < 1.29 is 17.9 Å². The van der Waals surface area contributed by atoms with Crippen molar-refractivity contribution in [3.05, 3.63) is 48.0 Å². The third-order valence-electron chi connectivity index (χ3n) is 3.31. The van der Waals surface area contributed by atoms with Gasteiger partial charge < -0.3 is 20.5 Å². The van der Waals surface area contributed by atoms with Crippen LogP contribution in [0.15, 0.2) is 52.4 Å². The van der Waals surface area contributed by atoms with Gasteiger partial charge in [0, 0.05) is 11.8 Å². The molecular formula is C16H20N4O4S. The number of nitrogens with two attached hydrogens (primary N) is 2. The van der Waals surface area contributed by atoms with E-state index in [-0.39, 0.29) is 17.4 Å². The van der Waals surface area contributed by atoms with E-state index in [1.165, 1.54) is 19.2 Å². The molecule has 2 rings (SSSR count). The van der Waals surface area contributed by atoms with Gasteiger partial charge in [0.1, 0.15) is 0 Å². The summed E-state index contributed by atoms with van der Waals surface area (Å²) in [6.45, 7) is 0.204. The maximum Gasteiger partial charge on any atom is 0.238 e. The minimum absolute atomic E-state index is 0.0339. The van der Waals surface area contributed by atoms with Gasteiger partial charge in [0.2, 0.25) is 10.0 Å². The van der Waals surface area contributed by atoms with Crippen molar-refractivity contribution in [1.82, 2.24) is 0 Å². The Balaban J connectivity index is 2.10. The number of anilines is 1. The predicted molar refractivity (Wildman–Crippen MR) is 96.3 cm³/mol. The predicted octanol–water partition coefficient (Wildman–Crippen LogP) is 1.28. The SMILES string of the molecule is COc1ccc(NC(N)=NCc2cccc(S(N)(=O)=O)c2)cc1OC. The molecule has 0 heterocycles. The summed E-state index contributed by atoms with van der Waals surface area (Å²) in [5.41, 5.74) is 7.21. The molecule has 0 fully saturated rings. The van der Waals surface area contributed by atoms with Crippen molar-refractivity contribution in [2.45, 2.75) is 11.4 Å². The molecule has 2 aromatic rings. The van der Waals surface area contributed by atoms with Gasteiger partial charge in [-0.25, -0.2) is 18.5 Å². The molecule has 2 aromatic carbocycles. The Morgan fingerprint density at radius 3 is 2.48 bits per heavy atom. The monoisotopic (exact) mass is 364 g/mol. The van der Waals surface area contributed by atoms with Crippen LogP contribution in [-0.4, -0.2) is 28.6 Å². The lowest BCUT2D eigenvalue weighted by Crippen LogP contribution is -2.22. The Labute approximate surface area is 146 Å². The standard InChI is InChI=1S/C16H20N4O4S/c1-23-14-7-6-12(9-15(14)24-2)20-16(17)19-10-11-4-3-5-13(8-11)25(18,21)22/h3-9H,10H2,1-2H3,(H3,17,19,20)(H2,18,21,22). The second-order valence-electron chi connectivity index (χ2n) is 5.09.